The van der Waals surface area contributed by atoms with Gasteiger partial charge < -0.3 is 24.3 Å². The number of nitrogens with one attached hydrogen (secondary N) is 1. The van der Waals surface area contributed by atoms with E-state index in [1.165, 1.54) is 24.3 Å². The first kappa shape index (κ1) is 28.7. The van der Waals surface area contributed by atoms with Crippen molar-refractivity contribution < 1.29 is 38.3 Å². The molecule has 0 fully saturated rings. The predicted molar refractivity (Wildman–Crippen MR) is 129 cm³/mol. The maximum Gasteiger partial charge on any atom is 0.337 e. The average Bonchev–Trinajstić information content (AvgIpc) is 2.87. The number of carbonyl (C=O) groups is 3. The zero-order valence-corrected chi connectivity index (χ0v) is 20.7. The Bertz CT molecular complexity index is 1020. The van der Waals surface area contributed by atoms with Crippen LogP contribution in [-0.2, 0) is 33.3 Å². The molecular formula is C25H32N2O9. The molecule has 1 N–H and O–H groups in total. The molecule has 1 aliphatic rings. The second kappa shape index (κ2) is 14.7. The van der Waals surface area contributed by atoms with Crippen molar-refractivity contribution in [1.29, 1.82) is 0 Å². The summed E-state index contributed by atoms with van der Waals surface area (Å²) >= 11 is 0. The van der Waals surface area contributed by atoms with Crippen LogP contribution in [0.2, 0.25) is 0 Å². The number of rotatable bonds is 15. The molecule has 0 aromatic heterocycles. The quantitative estimate of drug-likeness (QED) is 0.124. The zero-order valence-electron chi connectivity index (χ0n) is 20.7. The van der Waals surface area contributed by atoms with Crippen molar-refractivity contribution in [2.45, 2.75) is 39.5 Å². The van der Waals surface area contributed by atoms with Gasteiger partial charge in [0.05, 0.1) is 40.9 Å². The molecule has 0 saturated carbocycles. The highest BCUT2D eigenvalue weighted by Gasteiger charge is 2.39. The van der Waals surface area contributed by atoms with E-state index in [1.54, 1.807) is 6.92 Å². The summed E-state index contributed by atoms with van der Waals surface area (Å²) in [5, 5.41) is 14.2. The normalized spacial score (nSPS) is 15.4. The molecule has 2 rings (SSSR count). The second-order valence-corrected chi connectivity index (χ2v) is 7.89. The number of esters is 2. The van der Waals surface area contributed by atoms with Crippen LogP contribution >= 0.6 is 0 Å². The largest absolute Gasteiger partial charge is 0.460 e. The fourth-order valence-corrected chi connectivity index (χ4v) is 3.63. The maximum atomic E-state index is 13.1. The van der Waals surface area contributed by atoms with Crippen LogP contribution in [-0.4, -0.2) is 62.8 Å². The molecule has 0 saturated heterocycles. The van der Waals surface area contributed by atoms with Crippen molar-refractivity contribution in [2.75, 3.05) is 39.6 Å². The molecule has 11 heteroatoms. The molecule has 11 nitrogen and oxygen atoms in total. The number of carbonyl (C=O) groups excluding carboxylic acids is 3. The smallest absolute Gasteiger partial charge is 0.337 e. The number of hydrogen-bond acceptors (Lipinski definition) is 10. The fourth-order valence-electron chi connectivity index (χ4n) is 3.63. The molecule has 196 valence electrons. The molecule has 1 aliphatic heterocycles. The number of non-ortho nitro benzene ring substituents is 1. The Balaban J connectivity index is 2.44. The van der Waals surface area contributed by atoms with Gasteiger partial charge in [-0.2, -0.15) is 0 Å². The topological polar surface area (TPSA) is 143 Å². The Morgan fingerprint density at radius 2 is 1.56 bits per heavy atom. The highest BCUT2D eigenvalue weighted by molar-refractivity contribution is 6.03. The van der Waals surface area contributed by atoms with Crippen LogP contribution in [0.1, 0.15) is 45.1 Å². The summed E-state index contributed by atoms with van der Waals surface area (Å²) < 4.78 is 21.4. The van der Waals surface area contributed by atoms with Crippen molar-refractivity contribution in [2.24, 2.45) is 0 Å². The van der Waals surface area contributed by atoms with Gasteiger partial charge in [-0.1, -0.05) is 26.0 Å². The highest BCUT2D eigenvalue weighted by atomic mass is 16.6. The van der Waals surface area contributed by atoms with E-state index in [2.05, 4.69) is 5.32 Å². The van der Waals surface area contributed by atoms with Crippen LogP contribution in [0.3, 0.4) is 0 Å². The molecule has 1 aromatic rings. The molecule has 1 aromatic carbocycles. The first-order valence-electron chi connectivity index (χ1n) is 11.8. The molecular weight excluding hydrogens is 472 g/mol. The molecule has 1 atom stereocenters. The lowest BCUT2D eigenvalue weighted by atomic mass is 9.80. The van der Waals surface area contributed by atoms with Crippen molar-refractivity contribution in [3.05, 3.63) is 62.5 Å². The Kier molecular flexibility index (Phi) is 11.7. The van der Waals surface area contributed by atoms with Gasteiger partial charge in [0.1, 0.15) is 13.2 Å². The standard InChI is InChI=1S/C25H32N2O9/c1-4-9-33-11-13-35-24(29)21-17(3)26-20(16-28)23(25(30)36-14-12-34-10-5-2)22(21)18-7-6-8-19(15-18)27(31)32/h6-8,15-16,22,26H,4-5,9-14H2,1-3H3/t22-/m0/s1. The SMILES string of the molecule is CCCOCCOC(=O)C1=C(C)NC(C=O)=C(C(=O)OCCOCCC)[C@H]1c1cccc([N+](=O)[O-])c1. The molecule has 0 spiro atoms. The fraction of sp³-hybridized carbons (Fsp3) is 0.480. The first-order chi connectivity index (χ1) is 17.3. The predicted octanol–water partition coefficient (Wildman–Crippen LogP) is 2.95. The van der Waals surface area contributed by atoms with Crippen LogP contribution < -0.4 is 5.32 Å². The summed E-state index contributed by atoms with van der Waals surface area (Å²) in [5.74, 6) is -2.75. The number of dihydropyridines is 1. The number of benzene rings is 1. The number of nitro benzene ring substituents is 1. The molecule has 0 amide bonds. The molecule has 0 aliphatic carbocycles. The van der Waals surface area contributed by atoms with Gasteiger partial charge in [0.25, 0.3) is 5.69 Å². The number of allylic oxidation sites excluding steroid dienone is 2. The lowest BCUT2D eigenvalue weighted by Crippen LogP contribution is -2.34. The lowest BCUT2D eigenvalue weighted by Gasteiger charge is -2.29. The van der Waals surface area contributed by atoms with E-state index < -0.39 is 22.8 Å². The number of nitrogens with zero attached hydrogens (tertiary/aromatic N) is 1. The van der Waals surface area contributed by atoms with Gasteiger partial charge >= 0.3 is 11.9 Å². The Labute approximate surface area is 209 Å². The lowest BCUT2D eigenvalue weighted by molar-refractivity contribution is -0.384. The Morgan fingerprint density at radius 3 is 2.08 bits per heavy atom. The van der Waals surface area contributed by atoms with Crippen LogP contribution in [0.4, 0.5) is 5.69 Å². The van der Waals surface area contributed by atoms with Gasteiger partial charge in [0.15, 0.2) is 6.29 Å². The van der Waals surface area contributed by atoms with Gasteiger partial charge in [-0.05, 0) is 25.3 Å². The van der Waals surface area contributed by atoms with E-state index >= 15 is 0 Å². The minimum absolute atomic E-state index is 0.0317. The van der Waals surface area contributed by atoms with E-state index in [-0.39, 0.29) is 60.2 Å². The molecule has 0 bridgehead atoms. The minimum atomic E-state index is -1.14. The van der Waals surface area contributed by atoms with Crippen molar-refractivity contribution in [1.82, 2.24) is 5.32 Å². The summed E-state index contributed by atoms with van der Waals surface area (Å²) in [6, 6.07) is 5.51. The summed E-state index contributed by atoms with van der Waals surface area (Å²) in [4.78, 5) is 49.0. The Morgan fingerprint density at radius 1 is 0.972 bits per heavy atom. The summed E-state index contributed by atoms with van der Waals surface area (Å²) in [6.45, 7) is 6.68. The second-order valence-electron chi connectivity index (χ2n) is 7.89. The van der Waals surface area contributed by atoms with Crippen LogP contribution in [0.25, 0.3) is 0 Å². The van der Waals surface area contributed by atoms with E-state index in [9.17, 15) is 24.5 Å². The zero-order chi connectivity index (χ0) is 26.5. The van der Waals surface area contributed by atoms with Gasteiger partial charge in [-0.25, -0.2) is 9.59 Å². The van der Waals surface area contributed by atoms with Gasteiger partial charge in [-0.3, -0.25) is 14.9 Å². The third-order valence-electron chi connectivity index (χ3n) is 5.18. The van der Waals surface area contributed by atoms with Crippen molar-refractivity contribution >= 4 is 23.9 Å². The minimum Gasteiger partial charge on any atom is -0.460 e. The van der Waals surface area contributed by atoms with E-state index in [1.807, 2.05) is 13.8 Å². The molecule has 0 radical (unpaired) electrons. The van der Waals surface area contributed by atoms with Crippen LogP contribution in [0, 0.1) is 10.1 Å². The molecule has 1 heterocycles. The monoisotopic (exact) mass is 504 g/mol. The summed E-state index contributed by atoms with van der Waals surface area (Å²) in [6.07, 6.45) is 2.05. The maximum absolute atomic E-state index is 13.1. The third-order valence-corrected chi connectivity index (χ3v) is 5.18. The van der Waals surface area contributed by atoms with Gasteiger partial charge in [0.2, 0.25) is 0 Å². The van der Waals surface area contributed by atoms with Crippen molar-refractivity contribution in [3.8, 4) is 0 Å². The molecule has 36 heavy (non-hydrogen) atoms. The van der Waals surface area contributed by atoms with Crippen LogP contribution in [0.5, 0.6) is 0 Å². The van der Waals surface area contributed by atoms with Gasteiger partial charge in [-0.15, -0.1) is 0 Å². The number of aldehydes is 1. The number of hydrogen-bond donors (Lipinski definition) is 1. The van der Waals surface area contributed by atoms with Crippen LogP contribution in [0.15, 0.2) is 46.8 Å². The van der Waals surface area contributed by atoms with E-state index in [4.69, 9.17) is 18.9 Å². The highest BCUT2D eigenvalue weighted by Crippen LogP contribution is 2.39. The first-order valence-corrected chi connectivity index (χ1v) is 11.8. The summed E-state index contributed by atoms with van der Waals surface area (Å²) in [5.41, 5.74) is 0.0687. The van der Waals surface area contributed by atoms with Gasteiger partial charge in [0, 0.05) is 31.0 Å². The van der Waals surface area contributed by atoms with Crippen molar-refractivity contribution in [3.63, 3.8) is 0 Å². The third kappa shape index (κ3) is 7.72. The summed E-state index contributed by atoms with van der Waals surface area (Å²) in [7, 11) is 0. The Hall–Kier alpha value is -3.57. The molecule has 0 unspecified atom stereocenters. The average molecular weight is 505 g/mol. The number of ether oxygens (including phenoxy) is 4. The van der Waals surface area contributed by atoms with E-state index in [0.717, 1.165) is 12.8 Å². The van der Waals surface area contributed by atoms with E-state index in [0.29, 0.717) is 19.5 Å². The number of nitro groups is 1.